The van der Waals surface area contributed by atoms with Crippen LogP contribution in [-0.4, -0.2) is 39.1 Å². The Morgan fingerprint density at radius 1 is 1.26 bits per heavy atom. The molecule has 0 N–H and O–H groups in total. The van der Waals surface area contributed by atoms with Gasteiger partial charge in [-0.1, -0.05) is 46.4 Å². The molecule has 1 amide bonds. The Bertz CT molecular complexity index is 661. The van der Waals surface area contributed by atoms with Gasteiger partial charge in [0.2, 0.25) is 0 Å². The number of ether oxygens (including phenoxy) is 1. The first-order chi connectivity index (χ1) is 10.7. The Kier molecular flexibility index (Phi) is 4.28. The van der Waals surface area contributed by atoms with Crippen LogP contribution in [0.15, 0.2) is 18.2 Å². The number of aryl methyl sites for hydroxylation is 1. The van der Waals surface area contributed by atoms with Crippen LogP contribution in [0.4, 0.5) is 0 Å². The van der Waals surface area contributed by atoms with E-state index in [4.69, 9.17) is 39.5 Å². The number of halogens is 3. The van der Waals surface area contributed by atoms with Gasteiger partial charge in [-0.25, -0.2) is 0 Å². The standard InChI is InChI=1S/C16H16Cl3NO3/c1-10-2-3-13-11(8-10)12(21)9-15(23-13)4-6-20(7-5-15)14(22)16(17,18)19/h2-3,8H,4-7,9H2,1H3. The van der Waals surface area contributed by atoms with Crippen LogP contribution in [0.1, 0.15) is 35.2 Å². The molecule has 1 saturated heterocycles. The van der Waals surface area contributed by atoms with E-state index in [1.54, 1.807) is 0 Å². The largest absolute Gasteiger partial charge is 0.486 e. The fourth-order valence-corrected chi connectivity index (χ4v) is 3.54. The van der Waals surface area contributed by atoms with Crippen LogP contribution in [0.3, 0.4) is 0 Å². The van der Waals surface area contributed by atoms with Crippen LogP contribution in [0.2, 0.25) is 0 Å². The van der Waals surface area contributed by atoms with Gasteiger partial charge in [0.1, 0.15) is 11.4 Å². The second-order valence-corrected chi connectivity index (χ2v) is 8.46. The van der Waals surface area contributed by atoms with E-state index in [-0.39, 0.29) is 5.78 Å². The van der Waals surface area contributed by atoms with Crippen LogP contribution in [-0.2, 0) is 4.79 Å². The number of likely N-dealkylation sites (tertiary alicyclic amines) is 1. The molecule has 1 aromatic carbocycles. The van der Waals surface area contributed by atoms with Crippen molar-refractivity contribution < 1.29 is 14.3 Å². The van der Waals surface area contributed by atoms with Crippen molar-refractivity contribution in [3.8, 4) is 5.75 Å². The number of rotatable bonds is 0. The second kappa shape index (κ2) is 5.83. The molecule has 3 rings (SSSR count). The summed E-state index contributed by atoms with van der Waals surface area (Å²) in [4.78, 5) is 26.0. The average molecular weight is 377 g/mol. The van der Waals surface area contributed by atoms with Gasteiger partial charge in [-0.2, -0.15) is 0 Å². The number of Topliss-reactive ketones (excluding diaryl/α,β-unsaturated/α-hetero) is 1. The van der Waals surface area contributed by atoms with Crippen LogP contribution >= 0.6 is 34.8 Å². The molecule has 7 heteroatoms. The van der Waals surface area contributed by atoms with Gasteiger partial charge in [-0.05, 0) is 19.1 Å². The maximum atomic E-state index is 12.5. The Balaban J connectivity index is 1.76. The molecule has 2 heterocycles. The maximum Gasteiger partial charge on any atom is 0.274 e. The molecule has 0 bridgehead atoms. The maximum absolute atomic E-state index is 12.5. The van der Waals surface area contributed by atoms with Crippen LogP contribution in [0.25, 0.3) is 0 Å². The molecule has 2 aliphatic rings. The molecule has 124 valence electrons. The lowest BCUT2D eigenvalue weighted by Crippen LogP contribution is -2.54. The van der Waals surface area contributed by atoms with Gasteiger partial charge in [-0.3, -0.25) is 9.59 Å². The summed E-state index contributed by atoms with van der Waals surface area (Å²) in [5.74, 6) is 0.166. The van der Waals surface area contributed by atoms with Crippen molar-refractivity contribution in [2.75, 3.05) is 13.1 Å². The van der Waals surface area contributed by atoms with E-state index in [9.17, 15) is 9.59 Å². The topological polar surface area (TPSA) is 46.6 Å². The number of piperidine rings is 1. The van der Waals surface area contributed by atoms with E-state index in [0.29, 0.717) is 43.7 Å². The normalized spacial score (nSPS) is 20.2. The number of carbonyl (C=O) groups excluding carboxylic acids is 2. The van der Waals surface area contributed by atoms with Gasteiger partial charge >= 0.3 is 0 Å². The predicted octanol–water partition coefficient (Wildman–Crippen LogP) is 3.69. The molecule has 23 heavy (non-hydrogen) atoms. The van der Waals surface area contributed by atoms with Crippen molar-refractivity contribution in [3.05, 3.63) is 29.3 Å². The molecular formula is C16H16Cl3NO3. The number of benzene rings is 1. The first-order valence-corrected chi connectivity index (χ1v) is 8.53. The Labute approximate surface area is 149 Å². The van der Waals surface area contributed by atoms with E-state index >= 15 is 0 Å². The van der Waals surface area contributed by atoms with E-state index in [1.807, 2.05) is 25.1 Å². The van der Waals surface area contributed by atoms with Gasteiger partial charge in [0.15, 0.2) is 5.78 Å². The molecule has 1 spiro atoms. The zero-order valence-electron chi connectivity index (χ0n) is 12.6. The molecule has 0 radical (unpaired) electrons. The molecule has 0 aliphatic carbocycles. The minimum Gasteiger partial charge on any atom is -0.486 e. The average Bonchev–Trinajstić information content (AvgIpc) is 2.47. The van der Waals surface area contributed by atoms with E-state index in [0.717, 1.165) is 5.56 Å². The second-order valence-electron chi connectivity index (χ2n) is 6.17. The highest BCUT2D eigenvalue weighted by molar-refractivity contribution is 6.76. The Morgan fingerprint density at radius 3 is 2.52 bits per heavy atom. The lowest BCUT2D eigenvalue weighted by Gasteiger charge is -2.44. The molecule has 4 nitrogen and oxygen atoms in total. The smallest absolute Gasteiger partial charge is 0.274 e. The molecule has 0 atom stereocenters. The highest BCUT2D eigenvalue weighted by Gasteiger charge is 2.45. The first-order valence-electron chi connectivity index (χ1n) is 7.39. The van der Waals surface area contributed by atoms with E-state index in [2.05, 4.69) is 0 Å². The third-order valence-corrected chi connectivity index (χ3v) is 4.93. The number of nitrogens with zero attached hydrogens (tertiary/aromatic N) is 1. The van der Waals surface area contributed by atoms with Crippen LogP contribution in [0, 0.1) is 6.92 Å². The quantitative estimate of drug-likeness (QED) is 0.649. The zero-order valence-corrected chi connectivity index (χ0v) is 14.8. The fraction of sp³-hybridized carbons (Fsp3) is 0.500. The SMILES string of the molecule is Cc1ccc2c(c1)C(=O)CC1(CCN(C(=O)C(Cl)(Cl)Cl)CC1)O2. The van der Waals surface area contributed by atoms with E-state index in [1.165, 1.54) is 4.90 Å². The Morgan fingerprint density at radius 2 is 1.91 bits per heavy atom. The molecular weight excluding hydrogens is 361 g/mol. The van der Waals surface area contributed by atoms with Crippen LogP contribution in [0.5, 0.6) is 5.75 Å². The van der Waals surface area contributed by atoms with Gasteiger partial charge in [0.05, 0.1) is 12.0 Å². The van der Waals surface area contributed by atoms with Crippen LogP contribution < -0.4 is 4.74 Å². The summed E-state index contributed by atoms with van der Waals surface area (Å²) in [6.07, 6.45) is 1.40. The van der Waals surface area contributed by atoms with Crippen molar-refractivity contribution in [2.45, 2.75) is 35.6 Å². The Hall–Kier alpha value is -0.970. The number of amides is 1. The summed E-state index contributed by atoms with van der Waals surface area (Å²) in [6, 6.07) is 5.61. The van der Waals surface area contributed by atoms with Gasteiger partial charge < -0.3 is 9.64 Å². The molecule has 0 unspecified atom stereocenters. The summed E-state index contributed by atoms with van der Waals surface area (Å²) in [5.41, 5.74) is 1.10. The predicted molar refractivity (Wildman–Crippen MR) is 89.6 cm³/mol. The fourth-order valence-electron chi connectivity index (χ4n) is 3.18. The van der Waals surface area contributed by atoms with Gasteiger partial charge in [0.25, 0.3) is 9.70 Å². The van der Waals surface area contributed by atoms with Crippen molar-refractivity contribution >= 4 is 46.5 Å². The summed E-state index contributed by atoms with van der Waals surface area (Å²) >= 11 is 17.0. The van der Waals surface area contributed by atoms with Crippen molar-refractivity contribution in [1.29, 1.82) is 0 Å². The number of hydrogen-bond donors (Lipinski definition) is 0. The highest BCUT2D eigenvalue weighted by Crippen LogP contribution is 2.40. The number of carbonyl (C=O) groups is 2. The molecule has 0 saturated carbocycles. The minimum absolute atomic E-state index is 0.0797. The summed E-state index contributed by atoms with van der Waals surface area (Å²) in [6.45, 7) is 2.75. The molecule has 0 aromatic heterocycles. The van der Waals surface area contributed by atoms with Gasteiger partial charge in [-0.15, -0.1) is 0 Å². The summed E-state index contributed by atoms with van der Waals surface area (Å²) in [7, 11) is 0. The third kappa shape index (κ3) is 3.30. The summed E-state index contributed by atoms with van der Waals surface area (Å²) < 4.78 is 4.20. The van der Waals surface area contributed by atoms with Gasteiger partial charge in [0, 0.05) is 25.9 Å². The number of fused-ring (bicyclic) bond motifs is 1. The molecule has 2 aliphatic heterocycles. The summed E-state index contributed by atoms with van der Waals surface area (Å²) in [5, 5.41) is 0. The molecule has 1 aromatic rings. The number of alkyl halides is 3. The highest BCUT2D eigenvalue weighted by atomic mass is 35.6. The van der Waals surface area contributed by atoms with Crippen molar-refractivity contribution in [2.24, 2.45) is 0 Å². The third-order valence-electron chi connectivity index (χ3n) is 4.45. The lowest BCUT2D eigenvalue weighted by molar-refractivity contribution is -0.133. The van der Waals surface area contributed by atoms with E-state index < -0.39 is 15.3 Å². The van der Waals surface area contributed by atoms with Crippen molar-refractivity contribution in [3.63, 3.8) is 0 Å². The number of ketones is 1. The molecule has 1 fully saturated rings. The first kappa shape index (κ1) is 16.9. The monoisotopic (exact) mass is 375 g/mol. The van der Waals surface area contributed by atoms with Crippen molar-refractivity contribution in [1.82, 2.24) is 4.90 Å². The number of hydrogen-bond acceptors (Lipinski definition) is 3. The lowest BCUT2D eigenvalue weighted by atomic mass is 9.82. The zero-order chi connectivity index (χ0) is 16.8. The minimum atomic E-state index is -1.95.